The van der Waals surface area contributed by atoms with Crippen molar-refractivity contribution in [2.75, 3.05) is 23.3 Å². The number of hydrogen-bond acceptors (Lipinski definition) is 4. The number of hydrogen-bond donors (Lipinski definition) is 3. The van der Waals surface area contributed by atoms with Crippen LogP contribution in [0.5, 0.6) is 0 Å². The predicted octanol–water partition coefficient (Wildman–Crippen LogP) is 3.57. The third-order valence-electron chi connectivity index (χ3n) is 4.95. The molecule has 1 aliphatic rings. The van der Waals surface area contributed by atoms with Crippen molar-refractivity contribution in [2.24, 2.45) is 0 Å². The average Bonchev–Trinajstić information content (AvgIpc) is 3.21. The molecule has 3 aromatic rings. The van der Waals surface area contributed by atoms with E-state index in [4.69, 9.17) is 0 Å². The number of nitrogens with one attached hydrogen (secondary N) is 3. The summed E-state index contributed by atoms with van der Waals surface area (Å²) in [7, 11) is 0. The fraction of sp³-hybridized carbons (Fsp3) is 0.286. The average molecular weight is 376 g/mol. The van der Waals surface area contributed by atoms with E-state index in [9.17, 15) is 4.79 Å². The molecule has 2 aromatic heterocycles. The maximum Gasteiger partial charge on any atom is 0.319 e. The summed E-state index contributed by atoms with van der Waals surface area (Å²) in [5.41, 5.74) is 3.98. The number of aryl methyl sites for hydroxylation is 1. The fourth-order valence-electron chi connectivity index (χ4n) is 3.45. The molecule has 7 nitrogen and oxygen atoms in total. The first-order valence-corrected chi connectivity index (χ1v) is 9.52. The van der Waals surface area contributed by atoms with Crippen LogP contribution < -0.4 is 15.5 Å². The summed E-state index contributed by atoms with van der Waals surface area (Å²) in [5, 5.41) is 13.5. The Morgan fingerprint density at radius 3 is 2.75 bits per heavy atom. The Morgan fingerprint density at radius 1 is 1.18 bits per heavy atom. The number of anilines is 2. The fourth-order valence-corrected chi connectivity index (χ4v) is 3.45. The molecule has 1 aliphatic heterocycles. The molecular weight excluding hydrogens is 352 g/mol. The number of piperidine rings is 1. The van der Waals surface area contributed by atoms with Gasteiger partial charge in [-0.3, -0.25) is 10.1 Å². The minimum atomic E-state index is -0.171. The normalized spacial score (nSPS) is 16.6. The number of aromatic nitrogens is 3. The van der Waals surface area contributed by atoms with Crippen LogP contribution in [0.25, 0.3) is 11.3 Å². The Labute approximate surface area is 164 Å². The van der Waals surface area contributed by atoms with E-state index >= 15 is 0 Å². The van der Waals surface area contributed by atoms with Gasteiger partial charge in [-0.05, 0) is 44.0 Å². The second kappa shape index (κ2) is 8.12. The van der Waals surface area contributed by atoms with E-state index in [1.165, 1.54) is 5.56 Å². The Kier molecular flexibility index (Phi) is 5.23. The molecule has 4 rings (SSSR count). The number of carbonyl (C=O) groups excluding carboxylic acids is 1. The Hall–Kier alpha value is -3.35. The van der Waals surface area contributed by atoms with Crippen molar-refractivity contribution >= 4 is 17.5 Å². The van der Waals surface area contributed by atoms with E-state index in [0.29, 0.717) is 0 Å². The molecule has 144 valence electrons. The lowest BCUT2D eigenvalue weighted by Crippen LogP contribution is -2.49. The van der Waals surface area contributed by atoms with E-state index in [1.807, 2.05) is 49.4 Å². The van der Waals surface area contributed by atoms with Crippen LogP contribution in [-0.4, -0.2) is 40.3 Å². The highest BCUT2D eigenvalue weighted by atomic mass is 16.2. The van der Waals surface area contributed by atoms with E-state index in [0.717, 1.165) is 48.7 Å². The lowest BCUT2D eigenvalue weighted by Gasteiger charge is -2.33. The SMILES string of the molecule is Cc1ccc(NC(=O)NC2CCCN(c3cc(-c4ccncc4)[nH]n3)C2)cc1. The molecule has 0 saturated carbocycles. The van der Waals surface area contributed by atoms with Gasteiger partial charge in [0.2, 0.25) is 0 Å². The van der Waals surface area contributed by atoms with Crippen molar-refractivity contribution in [3.8, 4) is 11.3 Å². The lowest BCUT2D eigenvalue weighted by molar-refractivity contribution is 0.246. The number of benzene rings is 1. The summed E-state index contributed by atoms with van der Waals surface area (Å²) >= 11 is 0. The van der Waals surface area contributed by atoms with Crippen LogP contribution in [-0.2, 0) is 0 Å². The molecule has 28 heavy (non-hydrogen) atoms. The van der Waals surface area contributed by atoms with E-state index in [2.05, 4.69) is 30.7 Å². The number of amides is 2. The third-order valence-corrected chi connectivity index (χ3v) is 4.95. The predicted molar refractivity (Wildman–Crippen MR) is 110 cm³/mol. The summed E-state index contributed by atoms with van der Waals surface area (Å²) in [6.07, 6.45) is 5.50. The van der Waals surface area contributed by atoms with Gasteiger partial charge in [0.1, 0.15) is 0 Å². The highest BCUT2D eigenvalue weighted by molar-refractivity contribution is 5.89. The number of nitrogens with zero attached hydrogens (tertiary/aromatic N) is 3. The van der Waals surface area contributed by atoms with Gasteiger partial charge in [0.15, 0.2) is 5.82 Å². The maximum atomic E-state index is 12.3. The molecule has 2 amide bonds. The molecule has 1 saturated heterocycles. The molecule has 0 aliphatic carbocycles. The Bertz CT molecular complexity index is 922. The molecule has 0 bridgehead atoms. The van der Waals surface area contributed by atoms with Crippen molar-refractivity contribution in [1.29, 1.82) is 0 Å². The smallest absolute Gasteiger partial charge is 0.319 e. The molecule has 7 heteroatoms. The number of carbonyl (C=O) groups is 1. The van der Waals surface area contributed by atoms with Crippen molar-refractivity contribution < 1.29 is 4.79 Å². The van der Waals surface area contributed by atoms with Gasteiger partial charge in [-0.2, -0.15) is 5.10 Å². The molecular formula is C21H24N6O. The Morgan fingerprint density at radius 2 is 1.96 bits per heavy atom. The second-order valence-electron chi connectivity index (χ2n) is 7.13. The van der Waals surface area contributed by atoms with Crippen molar-refractivity contribution in [3.63, 3.8) is 0 Å². The standard InChI is InChI=1S/C21H24N6O/c1-15-4-6-17(7-5-15)23-21(28)24-18-3-2-12-27(14-18)20-13-19(25-26-20)16-8-10-22-11-9-16/h4-11,13,18H,2-3,12,14H2,1H3,(H,25,26)(H2,23,24,28). The quantitative estimate of drug-likeness (QED) is 0.650. The van der Waals surface area contributed by atoms with Crippen molar-refractivity contribution in [3.05, 3.63) is 60.4 Å². The van der Waals surface area contributed by atoms with Gasteiger partial charge < -0.3 is 15.5 Å². The van der Waals surface area contributed by atoms with Gasteiger partial charge in [0.25, 0.3) is 0 Å². The number of pyridine rings is 1. The summed E-state index contributed by atoms with van der Waals surface area (Å²) in [6, 6.07) is 13.6. The van der Waals surface area contributed by atoms with Gasteiger partial charge in [0, 0.05) is 48.8 Å². The van der Waals surface area contributed by atoms with E-state index < -0.39 is 0 Å². The molecule has 1 aromatic carbocycles. The van der Waals surface area contributed by atoms with Crippen LogP contribution in [0.1, 0.15) is 18.4 Å². The molecule has 0 radical (unpaired) electrons. The zero-order valence-electron chi connectivity index (χ0n) is 15.9. The summed E-state index contributed by atoms with van der Waals surface area (Å²) in [6.45, 7) is 3.69. The second-order valence-corrected chi connectivity index (χ2v) is 7.13. The zero-order valence-corrected chi connectivity index (χ0v) is 15.9. The summed E-state index contributed by atoms with van der Waals surface area (Å²) in [4.78, 5) is 18.6. The summed E-state index contributed by atoms with van der Waals surface area (Å²) in [5.74, 6) is 0.900. The first kappa shape index (κ1) is 18.0. The molecule has 1 unspecified atom stereocenters. The van der Waals surface area contributed by atoms with Gasteiger partial charge in [-0.15, -0.1) is 0 Å². The number of urea groups is 1. The van der Waals surface area contributed by atoms with Gasteiger partial charge in [0.05, 0.1) is 5.69 Å². The van der Waals surface area contributed by atoms with Crippen molar-refractivity contribution in [2.45, 2.75) is 25.8 Å². The van der Waals surface area contributed by atoms with Crippen LogP contribution in [0.3, 0.4) is 0 Å². The molecule has 0 spiro atoms. The Balaban J connectivity index is 1.36. The van der Waals surface area contributed by atoms with Gasteiger partial charge >= 0.3 is 6.03 Å². The maximum absolute atomic E-state index is 12.3. The van der Waals surface area contributed by atoms with Crippen LogP contribution in [0, 0.1) is 6.92 Å². The van der Waals surface area contributed by atoms with Crippen LogP contribution in [0.2, 0.25) is 0 Å². The highest BCUT2D eigenvalue weighted by Gasteiger charge is 2.23. The summed E-state index contributed by atoms with van der Waals surface area (Å²) < 4.78 is 0. The number of aromatic amines is 1. The minimum absolute atomic E-state index is 0.0836. The zero-order chi connectivity index (χ0) is 19.3. The third kappa shape index (κ3) is 4.31. The largest absolute Gasteiger partial charge is 0.353 e. The van der Waals surface area contributed by atoms with Gasteiger partial charge in [-0.25, -0.2) is 4.79 Å². The van der Waals surface area contributed by atoms with Crippen LogP contribution >= 0.6 is 0 Å². The monoisotopic (exact) mass is 376 g/mol. The number of H-pyrrole nitrogens is 1. The van der Waals surface area contributed by atoms with Crippen LogP contribution in [0.15, 0.2) is 54.9 Å². The highest BCUT2D eigenvalue weighted by Crippen LogP contribution is 2.23. The van der Waals surface area contributed by atoms with Gasteiger partial charge in [-0.1, -0.05) is 17.7 Å². The lowest BCUT2D eigenvalue weighted by atomic mass is 10.1. The topological polar surface area (TPSA) is 85.9 Å². The molecule has 3 N–H and O–H groups in total. The number of rotatable bonds is 4. The van der Waals surface area contributed by atoms with E-state index in [-0.39, 0.29) is 12.1 Å². The van der Waals surface area contributed by atoms with Crippen molar-refractivity contribution in [1.82, 2.24) is 20.5 Å². The van der Waals surface area contributed by atoms with E-state index in [1.54, 1.807) is 12.4 Å². The minimum Gasteiger partial charge on any atom is -0.353 e. The molecule has 3 heterocycles. The molecule has 1 atom stereocenters. The first-order chi connectivity index (χ1) is 13.7. The molecule has 1 fully saturated rings. The first-order valence-electron chi connectivity index (χ1n) is 9.52. The van der Waals surface area contributed by atoms with Crippen LogP contribution in [0.4, 0.5) is 16.3 Å².